The fraction of sp³-hybridized carbons (Fsp3) is 0. The van der Waals surface area contributed by atoms with Gasteiger partial charge >= 0.3 is 0 Å². The van der Waals surface area contributed by atoms with Gasteiger partial charge in [-0.2, -0.15) is 0 Å². The first-order valence-corrected chi connectivity index (χ1v) is 11.2. The minimum absolute atomic E-state index is 1.29. The zero-order valence-corrected chi connectivity index (χ0v) is 17.1. The fourth-order valence-corrected chi connectivity index (χ4v) is 6.48. The number of nitrogens with zero attached hydrogens (tertiary/aromatic N) is 2. The molecule has 0 aliphatic heterocycles. The van der Waals surface area contributed by atoms with E-state index in [0.717, 1.165) is 0 Å². The first kappa shape index (κ1) is 15.5. The molecule has 0 fully saturated rings. The van der Waals surface area contributed by atoms with Crippen LogP contribution in [0.1, 0.15) is 0 Å². The van der Waals surface area contributed by atoms with Crippen molar-refractivity contribution in [1.82, 2.24) is 8.80 Å². The summed E-state index contributed by atoms with van der Waals surface area (Å²) in [6.07, 6.45) is 0. The standard InChI is InChI=1S/C30H16N2/c1-5-13-21-17(9-1)25-26-18-10-2-7-15-23(18)32-24-16-8-4-12-20(24)28(30(26)32)27-19-11-3-6-14-22(19)31(21)29(25)27/h1-16H. The molecule has 9 rings (SSSR count). The number of fused-ring (bicyclic) bond motifs is 14. The van der Waals surface area contributed by atoms with Crippen molar-refractivity contribution >= 4 is 76.2 Å². The summed E-state index contributed by atoms with van der Waals surface area (Å²) in [5, 5.41) is 10.9. The van der Waals surface area contributed by atoms with E-state index >= 15 is 0 Å². The van der Waals surface area contributed by atoms with Crippen molar-refractivity contribution in [1.29, 1.82) is 0 Å². The molecule has 2 nitrogen and oxygen atoms in total. The molecule has 0 spiro atoms. The van der Waals surface area contributed by atoms with Crippen molar-refractivity contribution in [2.24, 2.45) is 0 Å². The SMILES string of the molecule is c1ccc2c(c1)c1c3c4ccccc4n4c5ccccc5c(c5c6ccccc6n2c15)c34. The quantitative estimate of drug-likeness (QED) is 0.242. The van der Waals surface area contributed by atoms with E-state index in [2.05, 4.69) is 106 Å². The lowest BCUT2D eigenvalue weighted by Gasteiger charge is -2.02. The van der Waals surface area contributed by atoms with Crippen molar-refractivity contribution in [2.45, 2.75) is 0 Å². The molecular weight excluding hydrogens is 388 g/mol. The Hall–Kier alpha value is -4.30. The predicted molar refractivity (Wildman–Crippen MR) is 136 cm³/mol. The maximum atomic E-state index is 2.50. The van der Waals surface area contributed by atoms with Crippen LogP contribution in [0.5, 0.6) is 0 Å². The van der Waals surface area contributed by atoms with E-state index in [1.54, 1.807) is 0 Å². The van der Waals surface area contributed by atoms with Crippen LogP contribution >= 0.6 is 0 Å². The van der Waals surface area contributed by atoms with Crippen LogP contribution in [0.15, 0.2) is 97.1 Å². The Morgan fingerprint density at radius 3 is 0.844 bits per heavy atom. The highest BCUT2D eigenvalue weighted by Crippen LogP contribution is 2.51. The molecule has 9 aromatic rings. The summed E-state index contributed by atoms with van der Waals surface area (Å²) >= 11 is 0. The number of rotatable bonds is 0. The molecule has 0 unspecified atom stereocenters. The number of para-hydroxylation sites is 4. The molecular formula is C30H16N2. The molecule has 0 aliphatic rings. The molecule has 4 heterocycles. The maximum Gasteiger partial charge on any atom is 0.0634 e. The topological polar surface area (TPSA) is 8.82 Å². The summed E-state index contributed by atoms with van der Waals surface area (Å²) in [6, 6.07) is 35.6. The second kappa shape index (κ2) is 4.95. The normalized spacial score (nSPS) is 13.0. The highest BCUT2D eigenvalue weighted by Gasteiger charge is 2.27. The van der Waals surface area contributed by atoms with E-state index in [0.29, 0.717) is 0 Å². The van der Waals surface area contributed by atoms with Gasteiger partial charge in [-0.25, -0.2) is 0 Å². The van der Waals surface area contributed by atoms with Gasteiger partial charge < -0.3 is 8.80 Å². The molecule has 0 saturated heterocycles. The van der Waals surface area contributed by atoms with Crippen LogP contribution in [0.25, 0.3) is 76.2 Å². The molecule has 0 saturated carbocycles. The Balaban J connectivity index is 1.85. The highest BCUT2D eigenvalue weighted by atomic mass is 14.9. The molecule has 146 valence electrons. The van der Waals surface area contributed by atoms with Crippen LogP contribution in [0.3, 0.4) is 0 Å². The molecule has 0 aliphatic carbocycles. The van der Waals surface area contributed by atoms with E-state index in [4.69, 9.17) is 0 Å². The fourth-order valence-electron chi connectivity index (χ4n) is 6.48. The molecule has 0 bridgehead atoms. The van der Waals surface area contributed by atoms with E-state index in [-0.39, 0.29) is 0 Å². The number of benzene rings is 5. The van der Waals surface area contributed by atoms with Gasteiger partial charge in [0.15, 0.2) is 0 Å². The average Bonchev–Trinajstić information content (AvgIpc) is 3.56. The zero-order chi connectivity index (χ0) is 20.6. The lowest BCUT2D eigenvalue weighted by Crippen LogP contribution is -1.79. The van der Waals surface area contributed by atoms with Crippen LogP contribution in [-0.2, 0) is 0 Å². The first-order chi connectivity index (χ1) is 15.9. The van der Waals surface area contributed by atoms with Gasteiger partial charge in [0.05, 0.1) is 33.1 Å². The van der Waals surface area contributed by atoms with Gasteiger partial charge in [0.25, 0.3) is 0 Å². The zero-order valence-electron chi connectivity index (χ0n) is 17.1. The van der Waals surface area contributed by atoms with Crippen LogP contribution in [0, 0.1) is 0 Å². The van der Waals surface area contributed by atoms with E-state index < -0.39 is 0 Å². The lowest BCUT2D eigenvalue weighted by atomic mass is 9.98. The summed E-state index contributed by atoms with van der Waals surface area (Å²) in [6.45, 7) is 0. The summed E-state index contributed by atoms with van der Waals surface area (Å²) in [5.74, 6) is 0. The molecule has 5 aromatic carbocycles. The molecule has 0 atom stereocenters. The van der Waals surface area contributed by atoms with Crippen molar-refractivity contribution in [3.05, 3.63) is 97.1 Å². The lowest BCUT2D eigenvalue weighted by molar-refractivity contribution is 1.37. The van der Waals surface area contributed by atoms with Gasteiger partial charge in [-0.1, -0.05) is 72.8 Å². The first-order valence-electron chi connectivity index (χ1n) is 11.2. The number of hydrogen-bond donors (Lipinski definition) is 0. The molecule has 0 N–H and O–H groups in total. The third-order valence-corrected chi connectivity index (χ3v) is 7.55. The number of aromatic nitrogens is 2. The van der Waals surface area contributed by atoms with Crippen molar-refractivity contribution in [3.8, 4) is 0 Å². The van der Waals surface area contributed by atoms with Gasteiger partial charge in [-0.15, -0.1) is 0 Å². The Bertz CT molecular complexity index is 1880. The van der Waals surface area contributed by atoms with E-state index in [9.17, 15) is 0 Å². The molecule has 4 aromatic heterocycles. The van der Waals surface area contributed by atoms with Crippen LogP contribution in [-0.4, -0.2) is 8.80 Å². The minimum Gasteiger partial charge on any atom is -0.308 e. The monoisotopic (exact) mass is 404 g/mol. The summed E-state index contributed by atoms with van der Waals surface area (Å²) < 4.78 is 5.00. The van der Waals surface area contributed by atoms with Crippen LogP contribution in [0.2, 0.25) is 0 Å². The average molecular weight is 404 g/mol. The summed E-state index contributed by atoms with van der Waals surface area (Å²) in [5.41, 5.74) is 7.87. The Labute approximate surface area is 182 Å². The predicted octanol–water partition coefficient (Wildman–Crippen LogP) is 7.99. The second-order valence-electron chi connectivity index (χ2n) is 8.94. The Morgan fingerprint density at radius 1 is 0.312 bits per heavy atom. The molecule has 0 amide bonds. The van der Waals surface area contributed by atoms with E-state index in [1.807, 2.05) is 0 Å². The van der Waals surface area contributed by atoms with E-state index in [1.165, 1.54) is 76.2 Å². The third kappa shape index (κ3) is 1.46. The van der Waals surface area contributed by atoms with Gasteiger partial charge in [0.1, 0.15) is 0 Å². The smallest absolute Gasteiger partial charge is 0.0634 e. The second-order valence-corrected chi connectivity index (χ2v) is 8.94. The summed E-state index contributed by atoms with van der Waals surface area (Å²) in [7, 11) is 0. The van der Waals surface area contributed by atoms with Crippen molar-refractivity contribution in [2.75, 3.05) is 0 Å². The van der Waals surface area contributed by atoms with Gasteiger partial charge in [0.2, 0.25) is 0 Å². The van der Waals surface area contributed by atoms with Gasteiger partial charge in [-0.3, -0.25) is 0 Å². The molecule has 0 radical (unpaired) electrons. The minimum atomic E-state index is 1.29. The third-order valence-electron chi connectivity index (χ3n) is 7.55. The van der Waals surface area contributed by atoms with Crippen LogP contribution < -0.4 is 0 Å². The molecule has 32 heavy (non-hydrogen) atoms. The largest absolute Gasteiger partial charge is 0.308 e. The maximum absolute atomic E-state index is 2.50. The summed E-state index contributed by atoms with van der Waals surface area (Å²) in [4.78, 5) is 0. The molecule has 2 heteroatoms. The van der Waals surface area contributed by atoms with Crippen molar-refractivity contribution < 1.29 is 0 Å². The highest BCUT2D eigenvalue weighted by molar-refractivity contribution is 6.45. The van der Waals surface area contributed by atoms with Gasteiger partial charge in [-0.05, 0) is 24.3 Å². The Kier molecular flexibility index (Phi) is 2.40. The van der Waals surface area contributed by atoms with Gasteiger partial charge in [0, 0.05) is 43.1 Å². The Morgan fingerprint density at radius 2 is 0.562 bits per heavy atom. The van der Waals surface area contributed by atoms with Crippen LogP contribution in [0.4, 0.5) is 0 Å². The number of hydrogen-bond acceptors (Lipinski definition) is 0. The van der Waals surface area contributed by atoms with Crippen molar-refractivity contribution in [3.63, 3.8) is 0 Å².